The number of nitrogens with zero attached hydrogens (tertiary/aromatic N) is 1. The lowest BCUT2D eigenvalue weighted by atomic mass is 10.1. The molecule has 0 amide bonds. The molecule has 0 bridgehead atoms. The van der Waals surface area contributed by atoms with Crippen molar-refractivity contribution in [3.05, 3.63) is 39.1 Å². The number of rotatable bonds is 3. The van der Waals surface area contributed by atoms with Gasteiger partial charge in [0, 0.05) is 4.47 Å². The Morgan fingerprint density at radius 3 is 2.35 bits per heavy atom. The van der Waals surface area contributed by atoms with Gasteiger partial charge in [-0.15, -0.1) is 0 Å². The molecule has 1 aromatic carbocycles. The standard InChI is InChI=1S/C13H16BrN3O2S/c1-7-5-8(2)12(11(14)6-7)17-20(18,19)13-9(3)15-16-10(13)4/h5-6,17H,1-4H3,(H,15,16). The molecule has 0 spiro atoms. The molecule has 0 saturated carbocycles. The number of sulfonamides is 1. The SMILES string of the molecule is Cc1cc(C)c(NS(=O)(=O)c2c(C)n[nH]c2C)c(Br)c1. The monoisotopic (exact) mass is 357 g/mol. The number of benzene rings is 1. The third-order valence-electron chi connectivity index (χ3n) is 3.00. The quantitative estimate of drug-likeness (QED) is 0.885. The molecule has 0 aliphatic heterocycles. The van der Waals surface area contributed by atoms with E-state index in [9.17, 15) is 8.42 Å². The van der Waals surface area contributed by atoms with Crippen molar-refractivity contribution >= 4 is 31.6 Å². The van der Waals surface area contributed by atoms with E-state index in [1.165, 1.54) is 0 Å². The maximum atomic E-state index is 12.5. The second-order valence-electron chi connectivity index (χ2n) is 4.81. The number of hydrogen-bond acceptors (Lipinski definition) is 3. The molecule has 1 heterocycles. The van der Waals surface area contributed by atoms with Crippen molar-refractivity contribution in [1.29, 1.82) is 0 Å². The predicted molar refractivity (Wildman–Crippen MR) is 82.5 cm³/mol. The van der Waals surface area contributed by atoms with Gasteiger partial charge in [0.1, 0.15) is 4.90 Å². The van der Waals surface area contributed by atoms with E-state index in [-0.39, 0.29) is 4.90 Å². The van der Waals surface area contributed by atoms with Crippen LogP contribution in [0.4, 0.5) is 5.69 Å². The van der Waals surface area contributed by atoms with E-state index in [1.54, 1.807) is 13.8 Å². The fourth-order valence-electron chi connectivity index (χ4n) is 2.17. The normalized spacial score (nSPS) is 11.7. The summed E-state index contributed by atoms with van der Waals surface area (Å²) in [5.74, 6) is 0. The Hall–Kier alpha value is -1.34. The van der Waals surface area contributed by atoms with Crippen molar-refractivity contribution in [3.8, 4) is 0 Å². The van der Waals surface area contributed by atoms with Crippen molar-refractivity contribution in [3.63, 3.8) is 0 Å². The zero-order chi connectivity index (χ0) is 15.1. The van der Waals surface area contributed by atoms with Crippen LogP contribution >= 0.6 is 15.9 Å². The minimum Gasteiger partial charge on any atom is -0.281 e. The Labute approximate surface area is 127 Å². The second kappa shape index (κ2) is 5.21. The van der Waals surface area contributed by atoms with E-state index < -0.39 is 10.0 Å². The van der Waals surface area contributed by atoms with E-state index in [2.05, 4.69) is 30.8 Å². The molecule has 0 saturated heterocycles. The maximum Gasteiger partial charge on any atom is 0.265 e. The Bertz CT molecular complexity index is 723. The van der Waals surface area contributed by atoms with Crippen molar-refractivity contribution in [2.75, 3.05) is 4.72 Å². The zero-order valence-electron chi connectivity index (χ0n) is 11.7. The van der Waals surface area contributed by atoms with Crippen LogP contribution in [0.2, 0.25) is 0 Å². The van der Waals surface area contributed by atoms with Gasteiger partial charge < -0.3 is 0 Å². The first-order valence-electron chi connectivity index (χ1n) is 6.03. The Balaban J connectivity index is 2.50. The fourth-order valence-corrected chi connectivity index (χ4v) is 4.60. The molecule has 0 atom stereocenters. The molecule has 2 aromatic rings. The number of halogens is 1. The van der Waals surface area contributed by atoms with Gasteiger partial charge in [-0.25, -0.2) is 8.42 Å². The number of hydrogen-bond donors (Lipinski definition) is 2. The van der Waals surface area contributed by atoms with Crippen LogP contribution in [0.5, 0.6) is 0 Å². The fraction of sp³-hybridized carbons (Fsp3) is 0.308. The lowest BCUT2D eigenvalue weighted by Gasteiger charge is -2.13. The van der Waals surface area contributed by atoms with Crippen LogP contribution < -0.4 is 4.72 Å². The van der Waals surface area contributed by atoms with E-state index in [1.807, 2.05) is 26.0 Å². The molecule has 2 N–H and O–H groups in total. The second-order valence-corrected chi connectivity index (χ2v) is 7.28. The maximum absolute atomic E-state index is 12.5. The van der Waals surface area contributed by atoms with Crippen LogP contribution in [0.3, 0.4) is 0 Å². The Morgan fingerprint density at radius 1 is 1.20 bits per heavy atom. The number of aromatic nitrogens is 2. The zero-order valence-corrected chi connectivity index (χ0v) is 14.1. The van der Waals surface area contributed by atoms with Gasteiger partial charge in [0.25, 0.3) is 10.0 Å². The van der Waals surface area contributed by atoms with E-state index >= 15 is 0 Å². The van der Waals surface area contributed by atoms with Crippen LogP contribution in [0.1, 0.15) is 22.5 Å². The summed E-state index contributed by atoms with van der Waals surface area (Å²) in [6.45, 7) is 7.17. The van der Waals surface area contributed by atoms with Crippen LogP contribution in [0.15, 0.2) is 21.5 Å². The highest BCUT2D eigenvalue weighted by molar-refractivity contribution is 9.10. The summed E-state index contributed by atoms with van der Waals surface area (Å²) in [6.07, 6.45) is 0. The number of nitrogens with one attached hydrogen (secondary N) is 2. The first-order valence-corrected chi connectivity index (χ1v) is 8.31. The Kier molecular flexibility index (Phi) is 3.93. The molecule has 20 heavy (non-hydrogen) atoms. The first-order chi connectivity index (χ1) is 9.22. The molecular formula is C13H16BrN3O2S. The number of anilines is 1. The van der Waals surface area contributed by atoms with Crippen LogP contribution in [-0.4, -0.2) is 18.6 Å². The highest BCUT2D eigenvalue weighted by Crippen LogP contribution is 2.30. The largest absolute Gasteiger partial charge is 0.281 e. The van der Waals surface area contributed by atoms with Crippen molar-refractivity contribution in [2.45, 2.75) is 32.6 Å². The predicted octanol–water partition coefficient (Wildman–Crippen LogP) is 3.21. The van der Waals surface area contributed by atoms with Crippen LogP contribution in [-0.2, 0) is 10.0 Å². The summed E-state index contributed by atoms with van der Waals surface area (Å²) in [6, 6.07) is 3.80. The van der Waals surface area contributed by atoms with Gasteiger partial charge in [0.2, 0.25) is 0 Å². The first kappa shape index (κ1) is 15.1. The number of H-pyrrole nitrogens is 1. The topological polar surface area (TPSA) is 74.8 Å². The third-order valence-corrected chi connectivity index (χ3v) is 5.23. The average Bonchev–Trinajstić information content (AvgIpc) is 2.64. The molecule has 0 aliphatic rings. The van der Waals surface area contributed by atoms with Crippen molar-refractivity contribution in [1.82, 2.24) is 10.2 Å². The minimum atomic E-state index is -3.66. The number of aromatic amines is 1. The molecule has 7 heteroatoms. The molecule has 0 radical (unpaired) electrons. The van der Waals surface area contributed by atoms with Crippen molar-refractivity contribution in [2.24, 2.45) is 0 Å². The van der Waals surface area contributed by atoms with Crippen LogP contribution in [0, 0.1) is 27.7 Å². The van der Waals surface area contributed by atoms with Gasteiger partial charge in [0.15, 0.2) is 0 Å². The van der Waals surface area contributed by atoms with Gasteiger partial charge in [-0.3, -0.25) is 9.82 Å². The third kappa shape index (κ3) is 2.73. The molecule has 108 valence electrons. The van der Waals surface area contributed by atoms with E-state index in [4.69, 9.17) is 0 Å². The lowest BCUT2D eigenvalue weighted by Crippen LogP contribution is -2.15. The summed E-state index contributed by atoms with van der Waals surface area (Å²) in [4.78, 5) is 0.198. The molecule has 1 aromatic heterocycles. The summed E-state index contributed by atoms with van der Waals surface area (Å²) >= 11 is 3.40. The van der Waals surface area contributed by atoms with Gasteiger partial charge >= 0.3 is 0 Å². The number of aryl methyl sites for hydroxylation is 4. The van der Waals surface area contributed by atoms with Gasteiger partial charge in [-0.2, -0.15) is 5.10 Å². The summed E-state index contributed by atoms with van der Waals surface area (Å²) in [5, 5.41) is 6.61. The molecule has 2 rings (SSSR count). The summed E-state index contributed by atoms with van der Waals surface area (Å²) < 4.78 is 28.4. The minimum absolute atomic E-state index is 0.198. The Morgan fingerprint density at radius 2 is 1.85 bits per heavy atom. The lowest BCUT2D eigenvalue weighted by molar-refractivity contribution is 0.600. The summed E-state index contributed by atoms with van der Waals surface area (Å²) in [5.41, 5.74) is 3.45. The molecule has 5 nitrogen and oxygen atoms in total. The molecular weight excluding hydrogens is 342 g/mol. The van der Waals surface area contributed by atoms with E-state index in [0.717, 1.165) is 15.6 Å². The highest BCUT2D eigenvalue weighted by atomic mass is 79.9. The van der Waals surface area contributed by atoms with Crippen molar-refractivity contribution < 1.29 is 8.42 Å². The highest BCUT2D eigenvalue weighted by Gasteiger charge is 2.23. The summed E-state index contributed by atoms with van der Waals surface area (Å²) in [7, 11) is -3.66. The van der Waals surface area contributed by atoms with Gasteiger partial charge in [-0.05, 0) is 60.8 Å². The van der Waals surface area contributed by atoms with Crippen LogP contribution in [0.25, 0.3) is 0 Å². The molecule has 0 fully saturated rings. The van der Waals surface area contributed by atoms with Gasteiger partial charge in [-0.1, -0.05) is 6.07 Å². The average molecular weight is 358 g/mol. The molecule has 0 aliphatic carbocycles. The molecule has 0 unspecified atom stereocenters. The van der Waals surface area contributed by atoms with E-state index in [0.29, 0.717) is 17.1 Å². The smallest absolute Gasteiger partial charge is 0.265 e. The van der Waals surface area contributed by atoms with Gasteiger partial charge in [0.05, 0.1) is 17.1 Å².